The number of methoxy groups -OCH3 is 1. The number of nitrogens with zero attached hydrogens (tertiary/aromatic N) is 6. The average molecular weight is 499 g/mol. The van der Waals surface area contributed by atoms with Crippen LogP contribution in [0.5, 0.6) is 5.75 Å². The molecule has 1 amide bonds. The zero-order valence-electron chi connectivity index (χ0n) is 21.2. The molecule has 2 N–H and O–H groups in total. The Bertz CT molecular complexity index is 1460. The van der Waals surface area contributed by atoms with Crippen LogP contribution in [-0.4, -0.2) is 70.9 Å². The number of aromatic nitrogens is 4. The number of rotatable bonds is 7. The van der Waals surface area contributed by atoms with E-state index in [9.17, 15) is 4.79 Å². The Morgan fingerprint density at radius 2 is 1.89 bits per heavy atom. The first-order chi connectivity index (χ1) is 17.9. The highest BCUT2D eigenvalue weighted by Crippen LogP contribution is 2.32. The van der Waals surface area contributed by atoms with Crippen LogP contribution < -0.4 is 20.3 Å². The molecule has 0 bridgehead atoms. The van der Waals surface area contributed by atoms with E-state index in [1.807, 2.05) is 17.8 Å². The molecule has 0 spiro atoms. The lowest BCUT2D eigenvalue weighted by atomic mass is 10.1. The summed E-state index contributed by atoms with van der Waals surface area (Å²) in [5.41, 5.74) is 4.94. The van der Waals surface area contributed by atoms with Gasteiger partial charge in [0.1, 0.15) is 11.4 Å². The molecule has 190 valence electrons. The van der Waals surface area contributed by atoms with Gasteiger partial charge in [0.15, 0.2) is 0 Å². The maximum atomic E-state index is 11.7. The van der Waals surface area contributed by atoms with Gasteiger partial charge in [0.05, 0.1) is 24.0 Å². The molecule has 0 aliphatic carbocycles. The molecule has 0 atom stereocenters. The first-order valence-electron chi connectivity index (χ1n) is 12.1. The molecule has 1 fully saturated rings. The fourth-order valence-corrected chi connectivity index (χ4v) is 4.44. The number of carbonyl (C=O) groups excluding carboxylic acids is 1. The molecule has 1 aliphatic rings. The number of hydrogen-bond donors (Lipinski definition) is 2. The summed E-state index contributed by atoms with van der Waals surface area (Å²) < 4.78 is 7.37. The molecule has 3 heterocycles. The monoisotopic (exact) mass is 498 g/mol. The second-order valence-electron chi connectivity index (χ2n) is 8.96. The number of benzene rings is 2. The molecule has 2 aromatic carbocycles. The molecule has 1 aliphatic heterocycles. The van der Waals surface area contributed by atoms with Crippen molar-refractivity contribution in [1.82, 2.24) is 24.6 Å². The number of anilines is 4. The quantitative estimate of drug-likeness (QED) is 0.373. The number of aryl methyl sites for hydroxylation is 1. The topological polar surface area (TPSA) is 100 Å². The average Bonchev–Trinajstić information content (AvgIpc) is 3.25. The number of piperazine rings is 1. The molecular weight excluding hydrogens is 468 g/mol. The minimum atomic E-state index is -0.299. The van der Waals surface area contributed by atoms with Crippen molar-refractivity contribution in [3.63, 3.8) is 0 Å². The predicted octanol–water partition coefficient (Wildman–Crippen LogP) is 3.66. The third kappa shape index (κ3) is 5.10. The van der Waals surface area contributed by atoms with Gasteiger partial charge in [-0.2, -0.15) is 5.10 Å². The van der Waals surface area contributed by atoms with E-state index >= 15 is 0 Å². The number of amides is 1. The van der Waals surface area contributed by atoms with Crippen molar-refractivity contribution in [2.45, 2.75) is 0 Å². The molecule has 10 heteroatoms. The molecule has 5 rings (SSSR count). The number of carbonyl (C=O) groups is 1. The van der Waals surface area contributed by atoms with Crippen molar-refractivity contribution in [3.8, 4) is 17.1 Å². The molecule has 0 unspecified atom stereocenters. The third-order valence-electron chi connectivity index (χ3n) is 6.50. The van der Waals surface area contributed by atoms with Gasteiger partial charge in [0.2, 0.25) is 11.9 Å². The lowest BCUT2D eigenvalue weighted by molar-refractivity contribution is -0.111. The normalized spacial score (nSPS) is 14.0. The molecule has 0 saturated carbocycles. The van der Waals surface area contributed by atoms with Gasteiger partial charge in [-0.25, -0.2) is 9.97 Å². The Balaban J connectivity index is 1.44. The molecule has 2 aromatic heterocycles. The molecule has 37 heavy (non-hydrogen) atoms. The van der Waals surface area contributed by atoms with Gasteiger partial charge in [-0.1, -0.05) is 6.58 Å². The van der Waals surface area contributed by atoms with Crippen LogP contribution in [0, 0.1) is 0 Å². The summed E-state index contributed by atoms with van der Waals surface area (Å²) in [5, 5.41) is 11.8. The summed E-state index contributed by atoms with van der Waals surface area (Å²) >= 11 is 0. The van der Waals surface area contributed by atoms with Crippen LogP contribution in [0.2, 0.25) is 0 Å². The minimum Gasteiger partial charge on any atom is -0.495 e. The first kappa shape index (κ1) is 24.3. The number of hydrogen-bond acceptors (Lipinski definition) is 8. The second kappa shape index (κ2) is 10.3. The van der Waals surface area contributed by atoms with Crippen LogP contribution >= 0.6 is 0 Å². The van der Waals surface area contributed by atoms with E-state index in [1.54, 1.807) is 31.5 Å². The smallest absolute Gasteiger partial charge is 0.247 e. The van der Waals surface area contributed by atoms with Crippen molar-refractivity contribution in [2.75, 3.05) is 55.9 Å². The van der Waals surface area contributed by atoms with Gasteiger partial charge in [-0.15, -0.1) is 0 Å². The van der Waals surface area contributed by atoms with Crippen LogP contribution in [0.3, 0.4) is 0 Å². The van der Waals surface area contributed by atoms with Gasteiger partial charge < -0.3 is 25.2 Å². The Kier molecular flexibility index (Phi) is 6.74. The number of likely N-dealkylation sites (N-methyl/N-ethyl adjacent to an activating group) is 1. The van der Waals surface area contributed by atoms with Crippen LogP contribution in [0.15, 0.2) is 61.3 Å². The molecular formula is C27H30N8O2. The summed E-state index contributed by atoms with van der Waals surface area (Å²) in [6, 6.07) is 13.6. The largest absolute Gasteiger partial charge is 0.495 e. The molecule has 4 aromatic rings. The first-order valence-corrected chi connectivity index (χ1v) is 12.1. The molecule has 0 radical (unpaired) electrons. The standard InChI is InChI=1S/C27H30N8O2/c1-5-25(36)29-18-6-9-24(37-4)22(16-18)31-27-28-11-10-21(30-27)26-20-8-7-19(17-23(20)34(3)32-26)35-14-12-33(2)13-15-35/h5-11,16-17H,1,12-15H2,2-4H3,(H,29,36)(H,28,30,31). The zero-order chi connectivity index (χ0) is 25.9. The van der Waals surface area contributed by atoms with Crippen molar-refractivity contribution >= 4 is 39.8 Å². The summed E-state index contributed by atoms with van der Waals surface area (Å²) in [6.45, 7) is 7.62. The maximum Gasteiger partial charge on any atom is 0.247 e. The van der Waals surface area contributed by atoms with Crippen molar-refractivity contribution in [3.05, 3.63) is 61.3 Å². The number of nitrogens with one attached hydrogen (secondary N) is 2. The summed E-state index contributed by atoms with van der Waals surface area (Å²) in [5.74, 6) is 0.674. The van der Waals surface area contributed by atoms with Crippen molar-refractivity contribution in [2.24, 2.45) is 7.05 Å². The van der Waals surface area contributed by atoms with Crippen molar-refractivity contribution in [1.29, 1.82) is 0 Å². The SMILES string of the molecule is C=CC(=O)Nc1ccc(OC)c(Nc2nccc(-c3nn(C)c4cc(N5CCN(C)CC5)ccc34)n2)c1. The van der Waals surface area contributed by atoms with E-state index in [-0.39, 0.29) is 5.91 Å². The van der Waals surface area contributed by atoms with E-state index in [4.69, 9.17) is 14.8 Å². The van der Waals surface area contributed by atoms with E-state index < -0.39 is 0 Å². The maximum absolute atomic E-state index is 11.7. The fourth-order valence-electron chi connectivity index (χ4n) is 4.44. The highest BCUT2D eigenvalue weighted by molar-refractivity contribution is 5.99. The van der Waals surface area contributed by atoms with Crippen LogP contribution in [0.25, 0.3) is 22.3 Å². The van der Waals surface area contributed by atoms with E-state index in [0.29, 0.717) is 28.8 Å². The summed E-state index contributed by atoms with van der Waals surface area (Å²) in [6.07, 6.45) is 2.91. The van der Waals surface area contributed by atoms with Gasteiger partial charge in [0.25, 0.3) is 0 Å². The highest BCUT2D eigenvalue weighted by atomic mass is 16.5. The van der Waals surface area contributed by atoms with Gasteiger partial charge >= 0.3 is 0 Å². The molecule has 1 saturated heterocycles. The Hall–Kier alpha value is -4.44. The van der Waals surface area contributed by atoms with Crippen LogP contribution in [0.4, 0.5) is 23.0 Å². The number of fused-ring (bicyclic) bond motifs is 1. The van der Waals surface area contributed by atoms with Gasteiger partial charge in [-0.3, -0.25) is 9.48 Å². The second-order valence-corrected chi connectivity index (χ2v) is 8.96. The van der Waals surface area contributed by atoms with Crippen molar-refractivity contribution < 1.29 is 9.53 Å². The van der Waals surface area contributed by atoms with Crippen LogP contribution in [-0.2, 0) is 11.8 Å². The van der Waals surface area contributed by atoms with Crippen LogP contribution in [0.1, 0.15) is 0 Å². The van der Waals surface area contributed by atoms with Gasteiger partial charge in [0, 0.05) is 56.2 Å². The third-order valence-corrected chi connectivity index (χ3v) is 6.50. The van der Waals surface area contributed by atoms with Gasteiger partial charge in [-0.05, 0) is 55.6 Å². The summed E-state index contributed by atoms with van der Waals surface area (Å²) in [7, 11) is 5.69. The number of ether oxygens (including phenoxy) is 1. The Morgan fingerprint density at radius 3 is 2.65 bits per heavy atom. The van der Waals surface area contributed by atoms with E-state index in [1.165, 1.54) is 11.8 Å². The molecule has 10 nitrogen and oxygen atoms in total. The Morgan fingerprint density at radius 1 is 1.08 bits per heavy atom. The fraction of sp³-hybridized carbons (Fsp3) is 0.259. The minimum absolute atomic E-state index is 0.299. The highest BCUT2D eigenvalue weighted by Gasteiger charge is 2.18. The van der Waals surface area contributed by atoms with E-state index in [2.05, 4.69) is 57.2 Å². The lowest BCUT2D eigenvalue weighted by Gasteiger charge is -2.34. The van der Waals surface area contributed by atoms with E-state index in [0.717, 1.165) is 42.8 Å². The summed E-state index contributed by atoms with van der Waals surface area (Å²) in [4.78, 5) is 25.6. The lowest BCUT2D eigenvalue weighted by Crippen LogP contribution is -2.44. The zero-order valence-corrected chi connectivity index (χ0v) is 21.2. The Labute approximate surface area is 215 Å². The predicted molar refractivity (Wildman–Crippen MR) is 147 cm³/mol.